The van der Waals surface area contributed by atoms with E-state index in [4.69, 9.17) is 5.41 Å². The van der Waals surface area contributed by atoms with E-state index in [0.29, 0.717) is 5.92 Å². The molecule has 64 valence electrons. The Morgan fingerprint density at radius 2 is 2.08 bits per heavy atom. The van der Waals surface area contributed by atoms with E-state index in [2.05, 4.69) is 26.5 Å². The van der Waals surface area contributed by atoms with E-state index in [-0.39, 0.29) is 0 Å². The molecule has 0 radical (unpaired) electrons. The Morgan fingerprint density at radius 3 is 2.50 bits per heavy atom. The quantitative estimate of drug-likeness (QED) is 0.515. The van der Waals surface area contributed by atoms with Gasteiger partial charge in [-0.25, -0.2) is 0 Å². The molecule has 0 saturated carbocycles. The van der Waals surface area contributed by atoms with E-state index >= 15 is 0 Å². The fraction of sp³-hybridized carbons (Fsp3) is 0.300. The zero-order valence-corrected chi connectivity index (χ0v) is 8.23. The van der Waals surface area contributed by atoms with Crippen LogP contribution in [0.3, 0.4) is 0 Å². The van der Waals surface area contributed by atoms with Gasteiger partial charge in [-0.15, -0.1) is 12.6 Å². The summed E-state index contributed by atoms with van der Waals surface area (Å²) in [7, 11) is 0. The lowest BCUT2D eigenvalue weighted by molar-refractivity contribution is 0.862. The molecule has 0 aromatic heterocycles. The summed E-state index contributed by atoms with van der Waals surface area (Å²) < 4.78 is 0. The van der Waals surface area contributed by atoms with Crippen molar-refractivity contribution in [2.45, 2.75) is 24.7 Å². The van der Waals surface area contributed by atoms with E-state index in [9.17, 15) is 0 Å². The fourth-order valence-electron chi connectivity index (χ4n) is 1.04. The van der Waals surface area contributed by atoms with Crippen molar-refractivity contribution in [2.75, 3.05) is 0 Å². The molecule has 0 heterocycles. The summed E-state index contributed by atoms with van der Waals surface area (Å²) >= 11 is 4.29. The Morgan fingerprint density at radius 1 is 1.42 bits per heavy atom. The second-order valence-corrected chi connectivity index (χ2v) is 3.60. The van der Waals surface area contributed by atoms with Crippen LogP contribution in [0.25, 0.3) is 0 Å². The second-order valence-electron chi connectivity index (χ2n) is 3.12. The van der Waals surface area contributed by atoms with Gasteiger partial charge in [-0.1, -0.05) is 26.0 Å². The third-order valence-electron chi connectivity index (χ3n) is 1.88. The molecule has 0 aliphatic carbocycles. The average Bonchev–Trinajstić information content (AvgIpc) is 2.04. The fourth-order valence-corrected chi connectivity index (χ4v) is 1.33. The van der Waals surface area contributed by atoms with Gasteiger partial charge in [-0.2, -0.15) is 0 Å². The first-order valence-corrected chi connectivity index (χ1v) is 4.43. The molecule has 1 N–H and O–H groups in total. The first-order chi connectivity index (χ1) is 5.65. The lowest BCUT2D eigenvalue weighted by Gasteiger charge is -2.06. The topological polar surface area (TPSA) is 23.9 Å². The van der Waals surface area contributed by atoms with Crippen LogP contribution in [-0.2, 0) is 0 Å². The molecule has 1 aromatic rings. The lowest BCUT2D eigenvalue weighted by Crippen LogP contribution is -1.90. The van der Waals surface area contributed by atoms with Gasteiger partial charge < -0.3 is 5.41 Å². The summed E-state index contributed by atoms with van der Waals surface area (Å²) in [5.41, 5.74) is 2.15. The van der Waals surface area contributed by atoms with Crippen molar-refractivity contribution in [3.05, 3.63) is 29.3 Å². The predicted octanol–water partition coefficient (Wildman–Crippen LogP) is 3.10. The number of hydrogen-bond donors (Lipinski definition) is 2. The summed E-state index contributed by atoms with van der Waals surface area (Å²) in [5, 5.41) is 7.09. The molecule has 1 aromatic carbocycles. The molecule has 0 atom stereocenters. The molecular weight excluding hydrogens is 166 g/mol. The predicted molar refractivity (Wildman–Crippen MR) is 55.7 cm³/mol. The molecule has 0 amide bonds. The highest BCUT2D eigenvalue weighted by molar-refractivity contribution is 7.80. The first-order valence-electron chi connectivity index (χ1n) is 3.98. The molecule has 2 heteroatoms. The molecule has 0 saturated heterocycles. The van der Waals surface area contributed by atoms with Crippen LogP contribution in [-0.4, -0.2) is 6.21 Å². The van der Waals surface area contributed by atoms with Gasteiger partial charge >= 0.3 is 0 Å². The Hall–Kier alpha value is -0.760. The Labute approximate surface area is 78.7 Å². The third-order valence-corrected chi connectivity index (χ3v) is 2.26. The van der Waals surface area contributed by atoms with Crippen LogP contribution in [0.15, 0.2) is 23.1 Å². The maximum absolute atomic E-state index is 7.09. The zero-order chi connectivity index (χ0) is 9.14. The van der Waals surface area contributed by atoms with E-state index < -0.39 is 0 Å². The highest BCUT2D eigenvalue weighted by Crippen LogP contribution is 2.20. The zero-order valence-electron chi connectivity index (χ0n) is 7.33. The molecule has 0 aliphatic heterocycles. The minimum atomic E-state index is 0.524. The van der Waals surface area contributed by atoms with Crippen LogP contribution in [0.2, 0.25) is 0 Å². The van der Waals surface area contributed by atoms with Gasteiger partial charge in [0.2, 0.25) is 0 Å². The average molecular weight is 179 g/mol. The van der Waals surface area contributed by atoms with E-state index in [1.54, 1.807) is 0 Å². The summed E-state index contributed by atoms with van der Waals surface area (Å²) in [6.45, 7) is 4.29. The number of hydrogen-bond acceptors (Lipinski definition) is 2. The third kappa shape index (κ3) is 1.89. The minimum absolute atomic E-state index is 0.524. The normalized spacial score (nSPS) is 10.3. The monoisotopic (exact) mass is 179 g/mol. The minimum Gasteiger partial charge on any atom is -0.308 e. The van der Waals surface area contributed by atoms with Gasteiger partial charge in [0.25, 0.3) is 0 Å². The van der Waals surface area contributed by atoms with E-state index in [0.717, 1.165) is 10.5 Å². The van der Waals surface area contributed by atoms with Crippen LogP contribution in [0, 0.1) is 5.41 Å². The van der Waals surface area contributed by atoms with Gasteiger partial charge in [0.15, 0.2) is 0 Å². The van der Waals surface area contributed by atoms with Crippen molar-refractivity contribution >= 4 is 18.8 Å². The summed E-state index contributed by atoms with van der Waals surface area (Å²) in [6.07, 6.45) is 1.33. The molecule has 0 fully saturated rings. The van der Waals surface area contributed by atoms with Gasteiger partial charge in [-0.3, -0.25) is 0 Å². The standard InChI is InChI=1S/C10H13NS/c1-7(2)8-3-4-9(6-11)10(12)5-8/h3-7,11-12H,1-2H3. The van der Waals surface area contributed by atoms with Crippen molar-refractivity contribution in [1.29, 1.82) is 5.41 Å². The Kier molecular flexibility index (Phi) is 2.93. The molecule has 1 rings (SSSR count). The van der Waals surface area contributed by atoms with Crippen LogP contribution in [0.1, 0.15) is 30.9 Å². The van der Waals surface area contributed by atoms with Gasteiger partial charge in [0, 0.05) is 16.7 Å². The molecule has 0 aliphatic rings. The van der Waals surface area contributed by atoms with Crippen molar-refractivity contribution in [1.82, 2.24) is 0 Å². The number of rotatable bonds is 2. The van der Waals surface area contributed by atoms with Gasteiger partial charge in [0.1, 0.15) is 0 Å². The van der Waals surface area contributed by atoms with Gasteiger partial charge in [-0.05, 0) is 17.5 Å². The largest absolute Gasteiger partial charge is 0.308 e. The van der Waals surface area contributed by atoms with Crippen molar-refractivity contribution in [2.24, 2.45) is 0 Å². The summed E-state index contributed by atoms with van der Waals surface area (Å²) in [5.74, 6) is 0.524. The van der Waals surface area contributed by atoms with Crippen molar-refractivity contribution < 1.29 is 0 Å². The number of benzene rings is 1. The first kappa shape index (κ1) is 9.33. The van der Waals surface area contributed by atoms with Crippen LogP contribution < -0.4 is 0 Å². The van der Waals surface area contributed by atoms with E-state index in [1.165, 1.54) is 11.8 Å². The van der Waals surface area contributed by atoms with Crippen LogP contribution >= 0.6 is 12.6 Å². The summed E-state index contributed by atoms with van der Waals surface area (Å²) in [6, 6.07) is 6.00. The molecule has 12 heavy (non-hydrogen) atoms. The number of thiol groups is 1. The van der Waals surface area contributed by atoms with Crippen molar-refractivity contribution in [3.8, 4) is 0 Å². The SMILES string of the molecule is CC(C)c1ccc(C=N)c(S)c1. The molecule has 0 unspecified atom stereocenters. The highest BCUT2D eigenvalue weighted by Gasteiger charge is 2.01. The smallest absolute Gasteiger partial charge is 0.0261 e. The Balaban J connectivity index is 3.10. The van der Waals surface area contributed by atoms with Crippen molar-refractivity contribution in [3.63, 3.8) is 0 Å². The van der Waals surface area contributed by atoms with E-state index in [1.807, 2.05) is 18.2 Å². The summed E-state index contributed by atoms with van der Waals surface area (Å²) in [4.78, 5) is 0.885. The molecule has 1 nitrogen and oxygen atoms in total. The second kappa shape index (κ2) is 3.76. The van der Waals surface area contributed by atoms with Crippen LogP contribution in [0.4, 0.5) is 0 Å². The maximum atomic E-state index is 7.09. The molecule has 0 spiro atoms. The molecular formula is C10H13NS. The van der Waals surface area contributed by atoms with Crippen LogP contribution in [0.5, 0.6) is 0 Å². The lowest BCUT2D eigenvalue weighted by atomic mass is 10.0. The van der Waals surface area contributed by atoms with Gasteiger partial charge in [0.05, 0.1) is 0 Å². The highest BCUT2D eigenvalue weighted by atomic mass is 32.1. The maximum Gasteiger partial charge on any atom is 0.0261 e. The molecule has 0 bridgehead atoms. The Bertz CT molecular complexity index is 292. The number of nitrogens with one attached hydrogen (secondary N) is 1.